The van der Waals surface area contributed by atoms with Crippen molar-refractivity contribution in [3.63, 3.8) is 0 Å². The molecular formula is C12H22O3. The molecule has 0 aliphatic rings. The van der Waals surface area contributed by atoms with Gasteiger partial charge in [-0.1, -0.05) is 6.58 Å². The second-order valence-corrected chi connectivity index (χ2v) is 4.78. The van der Waals surface area contributed by atoms with E-state index in [1.54, 1.807) is 19.9 Å². The Morgan fingerprint density at radius 3 is 2.27 bits per heavy atom. The van der Waals surface area contributed by atoms with Crippen LogP contribution in [0.15, 0.2) is 12.7 Å². The minimum absolute atomic E-state index is 0.305. The first kappa shape index (κ1) is 14.2. The van der Waals surface area contributed by atoms with Gasteiger partial charge in [0.1, 0.15) is 5.60 Å². The van der Waals surface area contributed by atoms with Crippen LogP contribution in [-0.2, 0) is 9.53 Å². The lowest BCUT2D eigenvalue weighted by Crippen LogP contribution is -2.29. The molecule has 0 spiro atoms. The topological polar surface area (TPSA) is 46.5 Å². The number of rotatable bonds is 6. The molecule has 0 rings (SSSR count). The molecule has 1 atom stereocenters. The van der Waals surface area contributed by atoms with Crippen LogP contribution in [0, 0.1) is 0 Å². The first-order valence-corrected chi connectivity index (χ1v) is 5.24. The average Bonchev–Trinajstić information content (AvgIpc) is 2.00. The summed E-state index contributed by atoms with van der Waals surface area (Å²) in [4.78, 5) is 10.9. The summed E-state index contributed by atoms with van der Waals surface area (Å²) in [5.41, 5.74) is -1.28. The minimum Gasteiger partial charge on any atom is -0.455 e. The van der Waals surface area contributed by atoms with Crippen molar-refractivity contribution in [2.45, 2.75) is 58.2 Å². The van der Waals surface area contributed by atoms with Crippen molar-refractivity contribution >= 4 is 5.97 Å². The van der Waals surface area contributed by atoms with Crippen molar-refractivity contribution in [3.8, 4) is 0 Å². The zero-order chi connectivity index (χ0) is 12.1. The smallest absolute Gasteiger partial charge is 0.303 e. The molecule has 1 N–H and O–H groups in total. The molecule has 0 fully saturated rings. The summed E-state index contributed by atoms with van der Waals surface area (Å²) in [5.74, 6) is -0.305. The number of ether oxygens (including phenoxy) is 1. The van der Waals surface area contributed by atoms with Gasteiger partial charge in [-0.05, 0) is 46.1 Å². The minimum atomic E-state index is -0.668. The second kappa shape index (κ2) is 5.31. The molecule has 1 unspecified atom stereocenters. The molecule has 0 aromatic carbocycles. The van der Waals surface area contributed by atoms with Crippen molar-refractivity contribution in [3.05, 3.63) is 12.7 Å². The van der Waals surface area contributed by atoms with Crippen molar-refractivity contribution in [2.75, 3.05) is 0 Å². The maximum atomic E-state index is 10.9. The third-order valence-corrected chi connectivity index (χ3v) is 2.27. The summed E-state index contributed by atoms with van der Waals surface area (Å²) in [6.07, 6.45) is 3.79. The van der Waals surface area contributed by atoms with E-state index in [1.807, 2.05) is 6.92 Å². The van der Waals surface area contributed by atoms with Crippen LogP contribution in [0.3, 0.4) is 0 Å². The molecule has 0 aliphatic carbocycles. The van der Waals surface area contributed by atoms with Crippen LogP contribution in [0.1, 0.15) is 47.0 Å². The predicted octanol–water partition coefficient (Wildman–Crippen LogP) is 2.44. The molecule has 3 heteroatoms. The summed E-state index contributed by atoms with van der Waals surface area (Å²) < 4.78 is 5.16. The monoisotopic (exact) mass is 214 g/mol. The molecular weight excluding hydrogens is 192 g/mol. The summed E-state index contributed by atoms with van der Waals surface area (Å²) in [5, 5.41) is 9.54. The lowest BCUT2D eigenvalue weighted by Gasteiger charge is -2.26. The average molecular weight is 214 g/mol. The maximum absolute atomic E-state index is 10.9. The molecule has 3 nitrogen and oxygen atoms in total. The number of hydrogen-bond acceptors (Lipinski definition) is 3. The van der Waals surface area contributed by atoms with Crippen LogP contribution < -0.4 is 0 Å². The molecule has 0 radical (unpaired) electrons. The lowest BCUT2D eigenvalue weighted by molar-refractivity contribution is -0.151. The van der Waals surface area contributed by atoms with Gasteiger partial charge in [0.25, 0.3) is 0 Å². The van der Waals surface area contributed by atoms with E-state index in [2.05, 4.69) is 6.58 Å². The van der Waals surface area contributed by atoms with Crippen LogP contribution >= 0.6 is 0 Å². The van der Waals surface area contributed by atoms with E-state index in [0.29, 0.717) is 12.8 Å². The van der Waals surface area contributed by atoms with E-state index in [1.165, 1.54) is 6.92 Å². The zero-order valence-corrected chi connectivity index (χ0v) is 10.2. The van der Waals surface area contributed by atoms with Gasteiger partial charge in [-0.25, -0.2) is 0 Å². The molecule has 0 saturated carbocycles. The Hall–Kier alpha value is -0.830. The molecule has 0 aromatic rings. The predicted molar refractivity (Wildman–Crippen MR) is 60.5 cm³/mol. The first-order valence-electron chi connectivity index (χ1n) is 5.24. The van der Waals surface area contributed by atoms with Gasteiger partial charge >= 0.3 is 5.97 Å². The Morgan fingerprint density at radius 2 is 1.93 bits per heavy atom. The first-order chi connectivity index (χ1) is 6.68. The van der Waals surface area contributed by atoms with Crippen LogP contribution in [0.25, 0.3) is 0 Å². The molecule has 88 valence electrons. The number of hydrogen-bond donors (Lipinski definition) is 1. The maximum Gasteiger partial charge on any atom is 0.303 e. The van der Waals surface area contributed by atoms with Gasteiger partial charge in [-0.2, -0.15) is 0 Å². The SMILES string of the molecule is C=CC(C)(CCCC(C)(C)O)OC(C)=O. The van der Waals surface area contributed by atoms with E-state index >= 15 is 0 Å². The fourth-order valence-corrected chi connectivity index (χ4v) is 1.40. The summed E-state index contributed by atoms with van der Waals surface area (Å²) in [6.45, 7) is 10.4. The Bertz CT molecular complexity index is 228. The van der Waals surface area contributed by atoms with Gasteiger partial charge in [0.2, 0.25) is 0 Å². The largest absolute Gasteiger partial charge is 0.455 e. The van der Waals surface area contributed by atoms with Crippen molar-refractivity contribution in [1.82, 2.24) is 0 Å². The summed E-state index contributed by atoms with van der Waals surface area (Å²) in [6, 6.07) is 0. The van der Waals surface area contributed by atoms with Crippen LogP contribution in [0.2, 0.25) is 0 Å². The van der Waals surface area contributed by atoms with Crippen molar-refractivity contribution < 1.29 is 14.6 Å². The quantitative estimate of drug-likeness (QED) is 0.545. The van der Waals surface area contributed by atoms with Gasteiger partial charge in [-0.3, -0.25) is 4.79 Å². The third kappa shape index (κ3) is 7.14. The Balaban J connectivity index is 4.10. The third-order valence-electron chi connectivity index (χ3n) is 2.27. The van der Waals surface area contributed by atoms with Gasteiger partial charge < -0.3 is 9.84 Å². The van der Waals surface area contributed by atoms with Gasteiger partial charge in [0.15, 0.2) is 0 Å². The zero-order valence-electron chi connectivity index (χ0n) is 10.2. The number of aliphatic hydroxyl groups is 1. The fraction of sp³-hybridized carbons (Fsp3) is 0.750. The molecule has 0 bridgehead atoms. The highest BCUT2D eigenvalue weighted by molar-refractivity contribution is 5.66. The molecule has 0 heterocycles. The Kier molecular flexibility index (Phi) is 5.01. The Morgan fingerprint density at radius 1 is 1.40 bits per heavy atom. The fourth-order valence-electron chi connectivity index (χ4n) is 1.40. The van der Waals surface area contributed by atoms with E-state index in [0.717, 1.165) is 6.42 Å². The van der Waals surface area contributed by atoms with E-state index in [4.69, 9.17) is 4.74 Å². The molecule has 0 aliphatic heterocycles. The van der Waals surface area contributed by atoms with Gasteiger partial charge in [0.05, 0.1) is 5.60 Å². The normalized spacial score (nSPS) is 15.5. The second-order valence-electron chi connectivity index (χ2n) is 4.78. The molecule has 0 amide bonds. The highest BCUT2D eigenvalue weighted by Gasteiger charge is 2.24. The summed E-state index contributed by atoms with van der Waals surface area (Å²) >= 11 is 0. The van der Waals surface area contributed by atoms with Crippen LogP contribution in [0.5, 0.6) is 0 Å². The number of carbonyl (C=O) groups is 1. The lowest BCUT2D eigenvalue weighted by atomic mass is 9.94. The number of esters is 1. The van der Waals surface area contributed by atoms with Gasteiger partial charge in [0, 0.05) is 6.92 Å². The highest BCUT2D eigenvalue weighted by atomic mass is 16.6. The van der Waals surface area contributed by atoms with Crippen molar-refractivity contribution in [2.24, 2.45) is 0 Å². The summed E-state index contributed by atoms with van der Waals surface area (Å²) in [7, 11) is 0. The van der Waals surface area contributed by atoms with Crippen LogP contribution in [0.4, 0.5) is 0 Å². The molecule has 15 heavy (non-hydrogen) atoms. The van der Waals surface area contributed by atoms with Crippen LogP contribution in [-0.4, -0.2) is 22.3 Å². The van der Waals surface area contributed by atoms with E-state index < -0.39 is 11.2 Å². The molecule has 0 saturated heterocycles. The van der Waals surface area contributed by atoms with E-state index in [-0.39, 0.29) is 5.97 Å². The standard InChI is InChI=1S/C12H22O3/c1-6-12(5,15-10(2)13)9-7-8-11(3,4)14/h6,14H,1,7-9H2,2-5H3. The highest BCUT2D eigenvalue weighted by Crippen LogP contribution is 2.23. The molecule has 0 aromatic heterocycles. The Labute approximate surface area is 92.1 Å². The van der Waals surface area contributed by atoms with E-state index in [9.17, 15) is 9.90 Å². The van der Waals surface area contributed by atoms with Crippen molar-refractivity contribution in [1.29, 1.82) is 0 Å². The number of carbonyl (C=O) groups excluding carboxylic acids is 1. The van der Waals surface area contributed by atoms with Gasteiger partial charge in [-0.15, -0.1) is 0 Å².